The fourth-order valence-electron chi connectivity index (χ4n) is 4.14. The quantitative estimate of drug-likeness (QED) is 0.722. The van der Waals surface area contributed by atoms with Crippen LogP contribution in [0.25, 0.3) is 0 Å². The molecule has 2 aliphatic heterocycles. The number of hydrogen-bond acceptors (Lipinski definition) is 5. The normalized spacial score (nSPS) is 18.3. The maximum Gasteiger partial charge on any atom is 0.324 e. The van der Waals surface area contributed by atoms with E-state index in [1.807, 2.05) is 23.1 Å². The van der Waals surface area contributed by atoms with Gasteiger partial charge in [-0.15, -0.1) is 0 Å². The second-order valence-electron chi connectivity index (χ2n) is 7.60. The molecule has 0 spiro atoms. The molecule has 0 radical (unpaired) electrons. The van der Waals surface area contributed by atoms with Gasteiger partial charge in [0.05, 0.1) is 33.4 Å². The molecule has 0 saturated carbocycles. The van der Waals surface area contributed by atoms with E-state index in [4.69, 9.17) is 9.47 Å². The number of rotatable bonds is 6. The van der Waals surface area contributed by atoms with Gasteiger partial charge in [-0.3, -0.25) is 14.5 Å². The summed E-state index contributed by atoms with van der Waals surface area (Å²) >= 11 is 0. The van der Waals surface area contributed by atoms with Gasteiger partial charge < -0.3 is 19.7 Å². The Morgan fingerprint density at radius 3 is 2.52 bits per heavy atom. The molecule has 0 aliphatic carbocycles. The molecule has 31 heavy (non-hydrogen) atoms. The summed E-state index contributed by atoms with van der Waals surface area (Å²) in [5, 5.41) is 2.50. The highest BCUT2D eigenvalue weighted by Crippen LogP contribution is 2.39. The van der Waals surface area contributed by atoms with E-state index in [9.17, 15) is 14.4 Å². The number of urea groups is 1. The summed E-state index contributed by atoms with van der Waals surface area (Å²) in [5.74, 6) is 1.10. The first-order valence-corrected chi connectivity index (χ1v) is 10.2. The van der Waals surface area contributed by atoms with Crippen molar-refractivity contribution in [1.82, 2.24) is 15.1 Å². The van der Waals surface area contributed by atoms with E-state index in [2.05, 4.69) is 5.32 Å². The lowest BCUT2D eigenvalue weighted by molar-refractivity contribution is -0.125. The zero-order chi connectivity index (χ0) is 22.0. The van der Waals surface area contributed by atoms with Gasteiger partial charge in [0.2, 0.25) is 5.91 Å². The van der Waals surface area contributed by atoms with Gasteiger partial charge in [-0.05, 0) is 42.7 Å². The van der Waals surface area contributed by atoms with Crippen molar-refractivity contribution in [2.75, 3.05) is 27.3 Å². The molecule has 0 bridgehead atoms. The summed E-state index contributed by atoms with van der Waals surface area (Å²) < 4.78 is 10.8. The van der Waals surface area contributed by atoms with Crippen molar-refractivity contribution < 1.29 is 23.9 Å². The minimum absolute atomic E-state index is 0.0283. The second-order valence-corrected chi connectivity index (χ2v) is 7.60. The third-order valence-corrected chi connectivity index (χ3v) is 5.79. The van der Waals surface area contributed by atoms with Crippen molar-refractivity contribution in [3.8, 4) is 11.5 Å². The van der Waals surface area contributed by atoms with Crippen LogP contribution in [0.4, 0.5) is 4.79 Å². The van der Waals surface area contributed by atoms with Crippen molar-refractivity contribution in [3.63, 3.8) is 0 Å². The molecule has 4 amide bonds. The Morgan fingerprint density at radius 1 is 1.10 bits per heavy atom. The molecular weight excluding hydrogens is 398 g/mol. The van der Waals surface area contributed by atoms with Crippen molar-refractivity contribution in [2.24, 2.45) is 0 Å². The first-order chi connectivity index (χ1) is 15.0. The first-order valence-electron chi connectivity index (χ1n) is 10.2. The van der Waals surface area contributed by atoms with Gasteiger partial charge in [-0.25, -0.2) is 4.79 Å². The lowest BCUT2D eigenvalue weighted by atomic mass is 10.0. The molecule has 162 valence electrons. The number of nitrogens with zero attached hydrogens (tertiary/aromatic N) is 2. The van der Waals surface area contributed by atoms with Gasteiger partial charge >= 0.3 is 6.03 Å². The molecular formula is C23H25N3O5. The summed E-state index contributed by atoms with van der Waals surface area (Å²) in [6.45, 7) is 0.887. The Kier molecular flexibility index (Phi) is 5.79. The van der Waals surface area contributed by atoms with E-state index >= 15 is 0 Å². The molecule has 8 heteroatoms. The summed E-state index contributed by atoms with van der Waals surface area (Å²) in [6.07, 6.45) is 1.77. The average Bonchev–Trinajstić information content (AvgIpc) is 3.41. The number of nitrogens with one attached hydrogen (secondary N) is 1. The van der Waals surface area contributed by atoms with E-state index in [1.165, 1.54) is 4.90 Å². The smallest absolute Gasteiger partial charge is 0.324 e. The molecule has 2 fully saturated rings. The van der Waals surface area contributed by atoms with E-state index in [0.717, 1.165) is 24.0 Å². The molecule has 2 aromatic carbocycles. The Hall–Kier alpha value is -3.55. The van der Waals surface area contributed by atoms with Crippen LogP contribution in [0, 0.1) is 0 Å². The Labute approximate surface area is 180 Å². The van der Waals surface area contributed by atoms with Crippen LogP contribution in [0.15, 0.2) is 42.5 Å². The number of carbonyl (C=O) groups is 3. The topological polar surface area (TPSA) is 88.2 Å². The Balaban J connectivity index is 1.51. The number of amides is 4. The number of carbonyl (C=O) groups excluding carboxylic acids is 3. The maximum absolute atomic E-state index is 13.2. The van der Waals surface area contributed by atoms with E-state index in [1.54, 1.807) is 38.5 Å². The number of benzene rings is 2. The van der Waals surface area contributed by atoms with Gasteiger partial charge in [-0.1, -0.05) is 12.1 Å². The molecule has 4 rings (SSSR count). The fourth-order valence-corrected chi connectivity index (χ4v) is 4.14. The predicted octanol–water partition coefficient (Wildman–Crippen LogP) is 2.73. The highest BCUT2D eigenvalue weighted by Gasteiger charge is 2.33. The lowest BCUT2D eigenvalue weighted by Crippen LogP contribution is -2.31. The van der Waals surface area contributed by atoms with Crippen LogP contribution < -0.4 is 14.8 Å². The molecule has 1 unspecified atom stereocenters. The largest absolute Gasteiger partial charge is 0.497 e. The average molecular weight is 423 g/mol. The zero-order valence-electron chi connectivity index (χ0n) is 17.6. The molecule has 2 aromatic rings. The molecule has 1 N–H and O–H groups in total. The van der Waals surface area contributed by atoms with E-state index in [-0.39, 0.29) is 30.9 Å². The van der Waals surface area contributed by atoms with Crippen LogP contribution in [-0.4, -0.2) is 55.0 Å². The van der Waals surface area contributed by atoms with Crippen LogP contribution in [0.2, 0.25) is 0 Å². The van der Waals surface area contributed by atoms with Gasteiger partial charge in [0.25, 0.3) is 5.91 Å². The minimum Gasteiger partial charge on any atom is -0.497 e. The van der Waals surface area contributed by atoms with Crippen LogP contribution in [-0.2, 0) is 11.3 Å². The summed E-state index contributed by atoms with van der Waals surface area (Å²) in [5.41, 5.74) is 2.32. The number of likely N-dealkylation sites (tertiary alicyclic amines) is 1. The molecule has 0 aromatic heterocycles. The summed E-state index contributed by atoms with van der Waals surface area (Å²) in [6, 6.07) is 12.3. The van der Waals surface area contributed by atoms with Crippen molar-refractivity contribution in [2.45, 2.75) is 25.4 Å². The number of ether oxygens (including phenoxy) is 2. The molecule has 2 saturated heterocycles. The SMILES string of the molecule is COc1ccc(C2CCCN2C(=O)c2ccc(CN3C(=O)CNC3=O)cc2)c(OC)c1. The van der Waals surface area contributed by atoms with Gasteiger partial charge in [0, 0.05) is 23.7 Å². The third kappa shape index (κ3) is 4.05. The predicted molar refractivity (Wildman–Crippen MR) is 113 cm³/mol. The number of imide groups is 1. The van der Waals surface area contributed by atoms with Gasteiger partial charge in [-0.2, -0.15) is 0 Å². The van der Waals surface area contributed by atoms with Crippen LogP contribution in [0.3, 0.4) is 0 Å². The fraction of sp³-hybridized carbons (Fsp3) is 0.348. The molecule has 1 atom stereocenters. The maximum atomic E-state index is 13.2. The van der Waals surface area contributed by atoms with Crippen LogP contribution >= 0.6 is 0 Å². The lowest BCUT2D eigenvalue weighted by Gasteiger charge is -2.27. The van der Waals surface area contributed by atoms with Crippen LogP contribution in [0.5, 0.6) is 11.5 Å². The third-order valence-electron chi connectivity index (χ3n) is 5.79. The molecule has 2 aliphatic rings. The van der Waals surface area contributed by atoms with Gasteiger partial charge in [0.15, 0.2) is 0 Å². The van der Waals surface area contributed by atoms with Crippen LogP contribution in [0.1, 0.15) is 40.4 Å². The summed E-state index contributed by atoms with van der Waals surface area (Å²) in [4.78, 5) is 39.8. The zero-order valence-corrected chi connectivity index (χ0v) is 17.6. The standard InChI is InChI=1S/C23H25N3O5/c1-30-17-9-10-18(20(12-17)31-2)19-4-3-11-25(19)22(28)16-7-5-15(6-8-16)14-26-21(27)13-24-23(26)29/h5-10,12,19H,3-4,11,13-14H2,1-2H3,(H,24,29). The van der Waals surface area contributed by atoms with E-state index < -0.39 is 6.03 Å². The second kappa shape index (κ2) is 8.67. The highest BCUT2D eigenvalue weighted by molar-refractivity contribution is 6.01. The number of hydrogen-bond donors (Lipinski definition) is 1. The van der Waals surface area contributed by atoms with Crippen molar-refractivity contribution in [3.05, 3.63) is 59.2 Å². The van der Waals surface area contributed by atoms with Crippen molar-refractivity contribution >= 4 is 17.8 Å². The Bertz CT molecular complexity index is 989. The minimum atomic E-state index is -0.390. The van der Waals surface area contributed by atoms with E-state index in [0.29, 0.717) is 23.6 Å². The van der Waals surface area contributed by atoms with Crippen molar-refractivity contribution in [1.29, 1.82) is 0 Å². The monoisotopic (exact) mass is 423 g/mol. The number of methoxy groups -OCH3 is 2. The highest BCUT2D eigenvalue weighted by atomic mass is 16.5. The molecule has 2 heterocycles. The Morgan fingerprint density at radius 2 is 1.87 bits per heavy atom. The molecule has 8 nitrogen and oxygen atoms in total. The first kappa shape index (κ1) is 20.7. The van der Waals surface area contributed by atoms with Gasteiger partial charge in [0.1, 0.15) is 11.5 Å². The summed E-state index contributed by atoms with van der Waals surface area (Å²) in [7, 11) is 3.22.